The molecule has 0 saturated heterocycles. The lowest BCUT2D eigenvalue weighted by Gasteiger charge is -2.39. The Labute approximate surface area is 118 Å². The Morgan fingerprint density at radius 2 is 2.00 bits per heavy atom. The molecule has 0 aromatic heterocycles. The van der Waals surface area contributed by atoms with Crippen LogP contribution in [0.1, 0.15) is 32.1 Å². The molecule has 0 unspecified atom stereocenters. The summed E-state index contributed by atoms with van der Waals surface area (Å²) in [5.74, 6) is -0.157. The van der Waals surface area contributed by atoms with Gasteiger partial charge in [0.15, 0.2) is 0 Å². The molecule has 18 heavy (non-hydrogen) atoms. The molecule has 0 bridgehead atoms. The summed E-state index contributed by atoms with van der Waals surface area (Å²) >= 11 is 3.68. The van der Waals surface area contributed by atoms with Crippen molar-refractivity contribution in [2.24, 2.45) is 5.41 Å². The highest BCUT2D eigenvalue weighted by molar-refractivity contribution is 9.09. The third-order valence-electron chi connectivity index (χ3n) is 4.02. The van der Waals surface area contributed by atoms with Crippen LogP contribution in [0.5, 0.6) is 0 Å². The van der Waals surface area contributed by atoms with Gasteiger partial charge in [-0.15, -0.1) is 0 Å². The summed E-state index contributed by atoms with van der Waals surface area (Å²) < 4.78 is 13.2. The highest BCUT2D eigenvalue weighted by atomic mass is 79.9. The third kappa shape index (κ3) is 3.25. The highest BCUT2D eigenvalue weighted by Crippen LogP contribution is 2.39. The zero-order valence-electron chi connectivity index (χ0n) is 11.0. The van der Waals surface area contributed by atoms with Gasteiger partial charge in [0, 0.05) is 24.6 Å². The first-order valence-corrected chi connectivity index (χ1v) is 7.80. The van der Waals surface area contributed by atoms with E-state index in [2.05, 4.69) is 27.9 Å². The van der Waals surface area contributed by atoms with E-state index in [1.807, 2.05) is 6.07 Å². The second-order valence-corrected chi connectivity index (χ2v) is 6.09. The molecule has 1 fully saturated rings. The number of hydrogen-bond acceptors (Lipinski definition) is 1. The molecule has 0 amide bonds. The van der Waals surface area contributed by atoms with E-state index in [0.717, 1.165) is 17.6 Å². The Morgan fingerprint density at radius 1 is 1.28 bits per heavy atom. The average molecular weight is 314 g/mol. The van der Waals surface area contributed by atoms with Crippen molar-refractivity contribution < 1.29 is 4.39 Å². The van der Waals surface area contributed by atoms with Crippen LogP contribution in [0.2, 0.25) is 0 Å². The minimum atomic E-state index is -0.157. The SMILES string of the molecule is CN(CC1(CBr)CCCCC1)c1cccc(F)c1. The molecule has 0 aliphatic heterocycles. The summed E-state index contributed by atoms with van der Waals surface area (Å²) in [7, 11) is 2.06. The van der Waals surface area contributed by atoms with Crippen LogP contribution >= 0.6 is 15.9 Å². The van der Waals surface area contributed by atoms with Crippen LogP contribution in [0, 0.1) is 11.2 Å². The van der Waals surface area contributed by atoms with Gasteiger partial charge in [-0.05, 0) is 36.5 Å². The van der Waals surface area contributed by atoms with E-state index in [-0.39, 0.29) is 5.82 Å². The van der Waals surface area contributed by atoms with Gasteiger partial charge in [-0.2, -0.15) is 0 Å². The van der Waals surface area contributed by atoms with Crippen molar-refractivity contribution >= 4 is 21.6 Å². The molecular formula is C15H21BrFN. The number of rotatable bonds is 4. The minimum absolute atomic E-state index is 0.157. The van der Waals surface area contributed by atoms with Crippen molar-refractivity contribution in [2.45, 2.75) is 32.1 Å². The Kier molecular flexibility index (Phi) is 4.66. The lowest BCUT2D eigenvalue weighted by Crippen LogP contribution is -2.38. The highest BCUT2D eigenvalue weighted by Gasteiger charge is 2.32. The first kappa shape index (κ1) is 13.9. The molecule has 2 rings (SSSR count). The Balaban J connectivity index is 2.07. The smallest absolute Gasteiger partial charge is 0.125 e. The molecule has 1 aliphatic rings. The summed E-state index contributed by atoms with van der Waals surface area (Å²) in [6.07, 6.45) is 6.55. The summed E-state index contributed by atoms with van der Waals surface area (Å²) in [4.78, 5) is 2.19. The lowest BCUT2D eigenvalue weighted by molar-refractivity contribution is 0.232. The van der Waals surface area contributed by atoms with Crippen LogP contribution < -0.4 is 4.90 Å². The van der Waals surface area contributed by atoms with Crippen molar-refractivity contribution in [3.8, 4) is 0 Å². The number of hydrogen-bond donors (Lipinski definition) is 0. The summed E-state index contributed by atoms with van der Waals surface area (Å²) in [5, 5.41) is 1.04. The molecular weight excluding hydrogens is 293 g/mol. The molecule has 100 valence electrons. The second kappa shape index (κ2) is 6.05. The standard InChI is InChI=1S/C15H21BrFN/c1-18(14-7-5-6-13(17)10-14)12-15(11-16)8-3-2-4-9-15/h5-7,10H,2-4,8-9,11-12H2,1H3. The van der Waals surface area contributed by atoms with Gasteiger partial charge in [-0.25, -0.2) is 4.39 Å². The predicted molar refractivity (Wildman–Crippen MR) is 79.0 cm³/mol. The maximum Gasteiger partial charge on any atom is 0.125 e. The van der Waals surface area contributed by atoms with E-state index >= 15 is 0 Å². The third-order valence-corrected chi connectivity index (χ3v) is 5.21. The van der Waals surface area contributed by atoms with E-state index in [4.69, 9.17) is 0 Å². The molecule has 1 aliphatic carbocycles. The fourth-order valence-corrected chi connectivity index (χ4v) is 3.68. The topological polar surface area (TPSA) is 3.24 Å². The summed E-state index contributed by atoms with van der Waals surface area (Å²) in [6.45, 7) is 1.00. The van der Waals surface area contributed by atoms with Crippen molar-refractivity contribution in [3.63, 3.8) is 0 Å². The van der Waals surface area contributed by atoms with Crippen LogP contribution in [0.4, 0.5) is 10.1 Å². The summed E-state index contributed by atoms with van der Waals surface area (Å²) in [5.41, 5.74) is 1.33. The molecule has 1 aromatic carbocycles. The normalized spacial score (nSPS) is 18.6. The fourth-order valence-electron chi connectivity index (χ4n) is 2.94. The molecule has 0 spiro atoms. The monoisotopic (exact) mass is 313 g/mol. The van der Waals surface area contributed by atoms with Gasteiger partial charge in [0.05, 0.1) is 0 Å². The Bertz CT molecular complexity index is 388. The van der Waals surface area contributed by atoms with Crippen LogP contribution in [-0.2, 0) is 0 Å². The molecule has 3 heteroatoms. The zero-order valence-corrected chi connectivity index (χ0v) is 12.5. The van der Waals surface area contributed by atoms with Crippen molar-refractivity contribution in [3.05, 3.63) is 30.1 Å². The molecule has 0 radical (unpaired) electrons. The Hall–Kier alpha value is -0.570. The van der Waals surface area contributed by atoms with Crippen molar-refractivity contribution in [2.75, 3.05) is 23.8 Å². The molecule has 1 nitrogen and oxygen atoms in total. The van der Waals surface area contributed by atoms with Gasteiger partial charge in [0.25, 0.3) is 0 Å². The number of benzene rings is 1. The largest absolute Gasteiger partial charge is 0.374 e. The van der Waals surface area contributed by atoms with E-state index in [9.17, 15) is 4.39 Å². The maximum atomic E-state index is 13.2. The van der Waals surface area contributed by atoms with Crippen LogP contribution in [0.3, 0.4) is 0 Å². The van der Waals surface area contributed by atoms with Crippen LogP contribution in [-0.4, -0.2) is 18.9 Å². The number of halogens is 2. The molecule has 1 saturated carbocycles. The quantitative estimate of drug-likeness (QED) is 0.734. The van der Waals surface area contributed by atoms with Crippen LogP contribution in [0.25, 0.3) is 0 Å². The van der Waals surface area contributed by atoms with E-state index in [1.165, 1.54) is 38.2 Å². The molecule has 0 heterocycles. The van der Waals surface area contributed by atoms with Gasteiger partial charge in [-0.1, -0.05) is 41.3 Å². The maximum absolute atomic E-state index is 13.2. The molecule has 1 aromatic rings. The van der Waals surface area contributed by atoms with Gasteiger partial charge in [0.1, 0.15) is 5.82 Å². The molecule has 0 N–H and O–H groups in total. The van der Waals surface area contributed by atoms with Gasteiger partial charge < -0.3 is 4.90 Å². The summed E-state index contributed by atoms with van der Waals surface area (Å²) in [6, 6.07) is 6.87. The van der Waals surface area contributed by atoms with E-state index in [0.29, 0.717) is 5.41 Å². The van der Waals surface area contributed by atoms with Gasteiger partial charge in [0.2, 0.25) is 0 Å². The predicted octanol–water partition coefficient (Wildman–Crippen LogP) is 4.61. The van der Waals surface area contributed by atoms with Gasteiger partial charge in [-0.3, -0.25) is 0 Å². The zero-order chi connectivity index (χ0) is 13.0. The van der Waals surface area contributed by atoms with Gasteiger partial charge >= 0.3 is 0 Å². The molecule has 0 atom stereocenters. The average Bonchev–Trinajstić information content (AvgIpc) is 2.40. The van der Waals surface area contributed by atoms with E-state index < -0.39 is 0 Å². The number of anilines is 1. The van der Waals surface area contributed by atoms with Crippen LogP contribution in [0.15, 0.2) is 24.3 Å². The van der Waals surface area contributed by atoms with E-state index in [1.54, 1.807) is 12.1 Å². The lowest BCUT2D eigenvalue weighted by atomic mass is 9.75. The number of alkyl halides is 1. The fraction of sp³-hybridized carbons (Fsp3) is 0.600. The van der Waals surface area contributed by atoms with Crippen molar-refractivity contribution in [1.82, 2.24) is 0 Å². The van der Waals surface area contributed by atoms with Crippen molar-refractivity contribution in [1.29, 1.82) is 0 Å². The first-order chi connectivity index (χ1) is 8.65. The minimum Gasteiger partial charge on any atom is -0.374 e. The first-order valence-electron chi connectivity index (χ1n) is 6.68. The Morgan fingerprint density at radius 3 is 2.61 bits per heavy atom. The second-order valence-electron chi connectivity index (χ2n) is 5.53. The number of nitrogens with zero attached hydrogens (tertiary/aromatic N) is 1.